The third-order valence-corrected chi connectivity index (χ3v) is 6.05. The van der Waals surface area contributed by atoms with E-state index in [0.717, 1.165) is 10.0 Å². The Morgan fingerprint density at radius 2 is 1.85 bits per heavy atom. The number of amides is 1. The molecule has 0 spiro atoms. The first kappa shape index (κ1) is 24.9. The van der Waals surface area contributed by atoms with Crippen LogP contribution >= 0.6 is 50.7 Å². The van der Waals surface area contributed by atoms with E-state index in [-0.39, 0.29) is 27.2 Å². The number of nitriles is 1. The van der Waals surface area contributed by atoms with Gasteiger partial charge in [-0.15, -0.1) is 0 Å². The van der Waals surface area contributed by atoms with Crippen LogP contribution in [0.4, 0.5) is 5.69 Å². The van der Waals surface area contributed by atoms with E-state index in [0.29, 0.717) is 22.7 Å². The number of nitrogens with zero attached hydrogens (tertiary/aromatic N) is 1. The van der Waals surface area contributed by atoms with Gasteiger partial charge in [-0.05, 0) is 53.6 Å². The lowest BCUT2D eigenvalue weighted by Gasteiger charge is -2.14. The standard InChI is InChI=1S/C24H16BrCl3N2O3/c1-32-21-11-15(10-19(27)23(21)33-13-14-5-7-17(25)8-6-14)9-16(12-29)24(31)30-20-4-2-3-18(26)22(20)28/h2-11H,13H2,1H3,(H,30,31)/b16-9-. The Morgan fingerprint density at radius 1 is 1.12 bits per heavy atom. The highest BCUT2D eigenvalue weighted by molar-refractivity contribution is 9.10. The van der Waals surface area contributed by atoms with Crippen molar-refractivity contribution in [2.45, 2.75) is 6.61 Å². The molecule has 5 nitrogen and oxygen atoms in total. The fourth-order valence-corrected chi connectivity index (χ4v) is 3.69. The molecule has 1 amide bonds. The van der Waals surface area contributed by atoms with Crippen LogP contribution in [-0.2, 0) is 11.4 Å². The third-order valence-electron chi connectivity index (χ3n) is 4.42. The van der Waals surface area contributed by atoms with E-state index in [4.69, 9.17) is 44.3 Å². The van der Waals surface area contributed by atoms with E-state index in [1.54, 1.807) is 30.3 Å². The molecule has 0 aromatic heterocycles. The summed E-state index contributed by atoms with van der Waals surface area (Å²) >= 11 is 21.9. The van der Waals surface area contributed by atoms with Crippen LogP contribution in [0.1, 0.15) is 11.1 Å². The van der Waals surface area contributed by atoms with Gasteiger partial charge < -0.3 is 14.8 Å². The van der Waals surface area contributed by atoms with Crippen LogP contribution in [0.15, 0.2) is 64.6 Å². The number of hydrogen-bond donors (Lipinski definition) is 1. The molecule has 0 fully saturated rings. The summed E-state index contributed by atoms with van der Waals surface area (Å²) in [6.07, 6.45) is 1.39. The molecule has 0 atom stereocenters. The summed E-state index contributed by atoms with van der Waals surface area (Å²) in [5, 5.41) is 12.8. The van der Waals surface area contributed by atoms with Crippen molar-refractivity contribution in [2.75, 3.05) is 12.4 Å². The average molecular weight is 567 g/mol. The molecule has 0 heterocycles. The summed E-state index contributed by atoms with van der Waals surface area (Å²) in [6.45, 7) is 0.283. The molecule has 0 saturated heterocycles. The number of hydrogen-bond acceptors (Lipinski definition) is 4. The lowest BCUT2D eigenvalue weighted by atomic mass is 10.1. The quantitative estimate of drug-likeness (QED) is 0.237. The van der Waals surface area contributed by atoms with Crippen LogP contribution in [0.25, 0.3) is 6.08 Å². The molecule has 3 aromatic rings. The van der Waals surface area contributed by atoms with Crippen molar-refractivity contribution < 1.29 is 14.3 Å². The fraction of sp³-hybridized carbons (Fsp3) is 0.0833. The number of ether oxygens (including phenoxy) is 2. The van der Waals surface area contributed by atoms with Gasteiger partial charge in [-0.3, -0.25) is 4.79 Å². The zero-order chi connectivity index (χ0) is 24.0. The van der Waals surface area contributed by atoms with Crippen molar-refractivity contribution in [3.05, 3.63) is 90.8 Å². The second-order valence-corrected chi connectivity index (χ2v) is 8.78. The predicted molar refractivity (Wildman–Crippen MR) is 135 cm³/mol. The zero-order valence-electron chi connectivity index (χ0n) is 17.2. The van der Waals surface area contributed by atoms with E-state index in [9.17, 15) is 10.1 Å². The molecule has 0 radical (unpaired) electrons. The molecule has 0 aliphatic carbocycles. The van der Waals surface area contributed by atoms with Crippen LogP contribution in [0, 0.1) is 11.3 Å². The van der Waals surface area contributed by atoms with Gasteiger partial charge in [0.2, 0.25) is 0 Å². The van der Waals surface area contributed by atoms with Crippen LogP contribution in [-0.4, -0.2) is 13.0 Å². The summed E-state index contributed by atoms with van der Waals surface area (Å²) in [7, 11) is 1.48. The first-order valence-electron chi connectivity index (χ1n) is 9.44. The van der Waals surface area contributed by atoms with Gasteiger partial charge in [-0.2, -0.15) is 5.26 Å². The maximum Gasteiger partial charge on any atom is 0.266 e. The van der Waals surface area contributed by atoms with Crippen LogP contribution < -0.4 is 14.8 Å². The van der Waals surface area contributed by atoms with E-state index >= 15 is 0 Å². The summed E-state index contributed by atoms with van der Waals surface area (Å²) in [5.41, 5.74) is 1.57. The van der Waals surface area contributed by atoms with Gasteiger partial charge in [0, 0.05) is 4.47 Å². The molecule has 33 heavy (non-hydrogen) atoms. The summed E-state index contributed by atoms with van der Waals surface area (Å²) in [5.74, 6) is 0.0710. The van der Waals surface area contributed by atoms with Gasteiger partial charge in [-0.25, -0.2) is 0 Å². The molecule has 0 aliphatic rings. The fourth-order valence-electron chi connectivity index (χ4n) is 2.80. The first-order chi connectivity index (χ1) is 15.8. The van der Waals surface area contributed by atoms with E-state index in [1.165, 1.54) is 13.2 Å². The number of methoxy groups -OCH3 is 1. The minimum atomic E-state index is -0.646. The molecule has 0 bridgehead atoms. The van der Waals surface area contributed by atoms with Crippen molar-refractivity contribution in [3.63, 3.8) is 0 Å². The minimum Gasteiger partial charge on any atom is -0.493 e. The lowest BCUT2D eigenvalue weighted by molar-refractivity contribution is -0.112. The van der Waals surface area contributed by atoms with Gasteiger partial charge in [0.15, 0.2) is 11.5 Å². The third kappa shape index (κ3) is 6.43. The van der Waals surface area contributed by atoms with Crippen LogP contribution in [0.5, 0.6) is 11.5 Å². The molecule has 0 aliphatic heterocycles. The molecule has 3 rings (SSSR count). The molecular formula is C24H16BrCl3N2O3. The molecular weight excluding hydrogens is 551 g/mol. The van der Waals surface area contributed by atoms with Crippen molar-refractivity contribution in [2.24, 2.45) is 0 Å². The number of anilines is 1. The van der Waals surface area contributed by atoms with Gasteiger partial charge in [0.1, 0.15) is 18.2 Å². The largest absolute Gasteiger partial charge is 0.493 e. The van der Waals surface area contributed by atoms with Crippen molar-refractivity contribution in [1.82, 2.24) is 0 Å². The zero-order valence-corrected chi connectivity index (χ0v) is 21.0. The monoisotopic (exact) mass is 564 g/mol. The maximum absolute atomic E-state index is 12.6. The normalized spacial score (nSPS) is 11.0. The lowest BCUT2D eigenvalue weighted by Crippen LogP contribution is -2.13. The minimum absolute atomic E-state index is 0.160. The average Bonchev–Trinajstić information content (AvgIpc) is 2.80. The topological polar surface area (TPSA) is 71.3 Å². The number of carbonyl (C=O) groups is 1. The molecule has 3 aromatic carbocycles. The Labute approximate surface area is 214 Å². The molecule has 1 N–H and O–H groups in total. The Kier molecular flexibility index (Phi) is 8.65. The van der Waals surface area contributed by atoms with Crippen molar-refractivity contribution >= 4 is 68.4 Å². The Balaban J connectivity index is 1.83. The number of nitrogens with one attached hydrogen (secondary N) is 1. The molecule has 168 valence electrons. The van der Waals surface area contributed by atoms with Crippen molar-refractivity contribution in [1.29, 1.82) is 5.26 Å². The van der Waals surface area contributed by atoms with Gasteiger partial charge in [0.25, 0.3) is 5.91 Å². The van der Waals surface area contributed by atoms with Crippen LogP contribution in [0.3, 0.4) is 0 Å². The number of rotatable bonds is 7. The number of benzene rings is 3. The Hall–Kier alpha value is -2.69. The highest BCUT2D eigenvalue weighted by Gasteiger charge is 2.16. The van der Waals surface area contributed by atoms with E-state index in [1.807, 2.05) is 30.3 Å². The number of halogens is 4. The molecule has 0 unspecified atom stereocenters. The Bertz CT molecular complexity index is 1260. The van der Waals surface area contributed by atoms with Gasteiger partial charge >= 0.3 is 0 Å². The maximum atomic E-state index is 12.6. The SMILES string of the molecule is COc1cc(/C=C(/C#N)C(=O)Nc2cccc(Cl)c2Cl)cc(Cl)c1OCc1ccc(Br)cc1. The predicted octanol–water partition coefficient (Wildman–Crippen LogP) is 7.54. The van der Waals surface area contributed by atoms with E-state index in [2.05, 4.69) is 21.2 Å². The highest BCUT2D eigenvalue weighted by atomic mass is 79.9. The van der Waals surface area contributed by atoms with Gasteiger partial charge in [-0.1, -0.05) is 68.9 Å². The number of carbonyl (C=O) groups excluding carboxylic acids is 1. The second kappa shape index (κ2) is 11.4. The second-order valence-electron chi connectivity index (χ2n) is 6.67. The summed E-state index contributed by atoms with van der Waals surface area (Å²) < 4.78 is 12.2. The molecule has 9 heteroatoms. The van der Waals surface area contributed by atoms with Crippen LogP contribution in [0.2, 0.25) is 15.1 Å². The highest BCUT2D eigenvalue weighted by Crippen LogP contribution is 2.38. The summed E-state index contributed by atoms with van der Waals surface area (Å²) in [4.78, 5) is 12.6. The molecule has 0 saturated carbocycles. The first-order valence-corrected chi connectivity index (χ1v) is 11.4. The Morgan fingerprint density at radius 3 is 2.52 bits per heavy atom. The summed E-state index contributed by atoms with van der Waals surface area (Å²) in [6, 6.07) is 17.6. The van der Waals surface area contributed by atoms with Gasteiger partial charge in [0.05, 0.1) is 27.9 Å². The van der Waals surface area contributed by atoms with E-state index < -0.39 is 5.91 Å². The van der Waals surface area contributed by atoms with Crippen molar-refractivity contribution in [3.8, 4) is 17.6 Å². The smallest absolute Gasteiger partial charge is 0.266 e.